The van der Waals surface area contributed by atoms with Crippen molar-refractivity contribution in [2.24, 2.45) is 0 Å². The predicted octanol–water partition coefficient (Wildman–Crippen LogP) is 6.63. The summed E-state index contributed by atoms with van der Waals surface area (Å²) in [6.07, 6.45) is 3.06. The van der Waals surface area contributed by atoms with Gasteiger partial charge in [0.15, 0.2) is 0 Å². The van der Waals surface area contributed by atoms with Crippen LogP contribution in [0.4, 0.5) is 5.69 Å². The molecule has 4 aromatic rings. The van der Waals surface area contributed by atoms with E-state index in [1.807, 2.05) is 81.4 Å². The summed E-state index contributed by atoms with van der Waals surface area (Å²) in [5.74, 6) is 0.719. The van der Waals surface area contributed by atoms with Crippen LogP contribution in [0.25, 0.3) is 22.2 Å². The van der Waals surface area contributed by atoms with Crippen molar-refractivity contribution in [2.75, 3.05) is 5.73 Å². The molecule has 4 rings (SSSR count). The molecule has 5 nitrogen and oxygen atoms in total. The van der Waals surface area contributed by atoms with Crippen LogP contribution < -0.4 is 5.73 Å². The Morgan fingerprint density at radius 2 is 1.79 bits per heavy atom. The highest BCUT2D eigenvalue weighted by Crippen LogP contribution is 2.28. The summed E-state index contributed by atoms with van der Waals surface area (Å²) in [5, 5.41) is 0. The standard InChI is InChI=1S/C29H33N3O2/c1-5-6-12-27-31-25-18-22(30)14-16-26(25)32(27)19-20-13-15-23(21-10-8-7-9-11-21)24(17-20)28(33)34-29(2,3)4/h7-11,13-18H,5-6,12,19,30H2,1-4H3. The zero-order chi connectivity index (χ0) is 24.3. The Kier molecular flexibility index (Phi) is 6.73. The van der Waals surface area contributed by atoms with Crippen molar-refractivity contribution >= 4 is 22.7 Å². The number of imidazole rings is 1. The fourth-order valence-corrected chi connectivity index (χ4v) is 4.14. The van der Waals surface area contributed by atoms with Crippen LogP contribution in [0.2, 0.25) is 0 Å². The molecule has 0 atom stereocenters. The zero-order valence-corrected chi connectivity index (χ0v) is 20.5. The van der Waals surface area contributed by atoms with E-state index in [1.165, 1.54) is 0 Å². The Balaban J connectivity index is 1.78. The Hall–Kier alpha value is -3.60. The third-order valence-corrected chi connectivity index (χ3v) is 5.73. The highest BCUT2D eigenvalue weighted by atomic mass is 16.6. The molecule has 0 saturated carbocycles. The molecule has 0 bridgehead atoms. The lowest BCUT2D eigenvalue weighted by Crippen LogP contribution is -2.24. The van der Waals surface area contributed by atoms with Gasteiger partial charge in [-0.2, -0.15) is 0 Å². The lowest BCUT2D eigenvalue weighted by Gasteiger charge is -2.21. The van der Waals surface area contributed by atoms with E-state index < -0.39 is 5.60 Å². The number of ether oxygens (including phenoxy) is 1. The number of aromatic nitrogens is 2. The average molecular weight is 456 g/mol. The van der Waals surface area contributed by atoms with Crippen LogP contribution in [0, 0.1) is 0 Å². The number of hydrogen-bond donors (Lipinski definition) is 1. The molecule has 0 unspecified atom stereocenters. The van der Waals surface area contributed by atoms with Crippen molar-refractivity contribution in [2.45, 2.75) is 59.1 Å². The third-order valence-electron chi connectivity index (χ3n) is 5.73. The Morgan fingerprint density at radius 1 is 1.03 bits per heavy atom. The van der Waals surface area contributed by atoms with E-state index in [1.54, 1.807) is 0 Å². The summed E-state index contributed by atoms with van der Waals surface area (Å²) in [6.45, 7) is 8.46. The molecule has 3 aromatic carbocycles. The summed E-state index contributed by atoms with van der Waals surface area (Å²) in [5.41, 5.74) is 11.5. The van der Waals surface area contributed by atoms with Crippen LogP contribution in [0.1, 0.15) is 62.3 Å². The maximum atomic E-state index is 13.2. The van der Waals surface area contributed by atoms with E-state index in [4.69, 9.17) is 15.5 Å². The number of benzene rings is 3. The fraction of sp³-hybridized carbons (Fsp3) is 0.310. The highest BCUT2D eigenvalue weighted by molar-refractivity contribution is 5.97. The van der Waals surface area contributed by atoms with Gasteiger partial charge in [0.1, 0.15) is 11.4 Å². The summed E-state index contributed by atoms with van der Waals surface area (Å²) < 4.78 is 8.00. The molecular formula is C29H33N3O2. The first kappa shape index (κ1) is 23.6. The van der Waals surface area contributed by atoms with Crippen molar-refractivity contribution in [1.29, 1.82) is 0 Å². The number of anilines is 1. The van der Waals surface area contributed by atoms with Crippen molar-refractivity contribution in [3.05, 3.63) is 83.7 Å². The van der Waals surface area contributed by atoms with Crippen molar-refractivity contribution in [3.63, 3.8) is 0 Å². The molecule has 0 aliphatic rings. The van der Waals surface area contributed by atoms with Crippen LogP contribution in [0.3, 0.4) is 0 Å². The van der Waals surface area contributed by atoms with Crippen LogP contribution in [-0.2, 0) is 17.7 Å². The molecule has 0 spiro atoms. The molecule has 176 valence electrons. The molecule has 0 aliphatic heterocycles. The molecule has 34 heavy (non-hydrogen) atoms. The van der Waals surface area contributed by atoms with Gasteiger partial charge in [-0.1, -0.05) is 55.8 Å². The summed E-state index contributed by atoms with van der Waals surface area (Å²) in [7, 11) is 0. The van der Waals surface area contributed by atoms with Crippen LogP contribution in [0.5, 0.6) is 0 Å². The summed E-state index contributed by atoms with van der Waals surface area (Å²) in [4.78, 5) is 18.1. The number of hydrogen-bond acceptors (Lipinski definition) is 4. The van der Waals surface area contributed by atoms with Gasteiger partial charge in [-0.15, -0.1) is 0 Å². The van der Waals surface area contributed by atoms with Crippen LogP contribution >= 0.6 is 0 Å². The molecule has 1 heterocycles. The minimum Gasteiger partial charge on any atom is -0.456 e. The van der Waals surface area contributed by atoms with Crippen LogP contribution in [0.15, 0.2) is 66.7 Å². The summed E-state index contributed by atoms with van der Waals surface area (Å²) >= 11 is 0. The minimum atomic E-state index is -0.575. The Labute approximate surface area is 201 Å². The van der Waals surface area contributed by atoms with Crippen molar-refractivity contribution < 1.29 is 9.53 Å². The average Bonchev–Trinajstić information content (AvgIpc) is 3.13. The quantitative estimate of drug-likeness (QED) is 0.251. The SMILES string of the molecule is CCCCc1nc2cc(N)ccc2n1Cc1ccc(-c2ccccc2)c(C(=O)OC(C)(C)C)c1. The normalized spacial score (nSPS) is 11.6. The molecule has 0 amide bonds. The van der Waals surface area contributed by atoms with Gasteiger partial charge in [-0.25, -0.2) is 9.78 Å². The second kappa shape index (κ2) is 9.72. The topological polar surface area (TPSA) is 70.1 Å². The van der Waals surface area contributed by atoms with E-state index in [-0.39, 0.29) is 5.97 Å². The van der Waals surface area contributed by atoms with Gasteiger partial charge in [0.2, 0.25) is 0 Å². The number of nitrogens with zero attached hydrogens (tertiary/aromatic N) is 2. The number of rotatable bonds is 7. The van der Waals surface area contributed by atoms with Gasteiger partial charge < -0.3 is 15.0 Å². The molecule has 5 heteroatoms. The molecule has 0 aliphatic carbocycles. The summed E-state index contributed by atoms with van der Waals surface area (Å²) in [6, 6.07) is 21.9. The van der Waals surface area contributed by atoms with E-state index in [0.717, 1.165) is 52.8 Å². The molecule has 0 saturated heterocycles. The van der Waals surface area contributed by atoms with E-state index >= 15 is 0 Å². The van der Waals surface area contributed by atoms with E-state index in [9.17, 15) is 4.79 Å². The third kappa shape index (κ3) is 5.30. The predicted molar refractivity (Wildman–Crippen MR) is 139 cm³/mol. The molecule has 0 radical (unpaired) electrons. The number of aryl methyl sites for hydroxylation is 1. The first-order chi connectivity index (χ1) is 16.2. The van der Waals surface area contributed by atoms with Gasteiger partial charge in [0.25, 0.3) is 0 Å². The van der Waals surface area contributed by atoms with Crippen molar-refractivity contribution in [1.82, 2.24) is 9.55 Å². The lowest BCUT2D eigenvalue weighted by molar-refractivity contribution is 0.00703. The smallest absolute Gasteiger partial charge is 0.339 e. The first-order valence-corrected chi connectivity index (χ1v) is 11.9. The number of carbonyl (C=O) groups excluding carboxylic acids is 1. The molecule has 2 N–H and O–H groups in total. The van der Waals surface area contributed by atoms with Crippen LogP contribution in [-0.4, -0.2) is 21.1 Å². The number of nitrogens with two attached hydrogens (primary N) is 1. The van der Waals surface area contributed by atoms with E-state index in [2.05, 4.69) is 17.6 Å². The minimum absolute atomic E-state index is 0.317. The Bertz CT molecular complexity index is 1300. The Morgan fingerprint density at radius 3 is 2.50 bits per heavy atom. The number of nitrogen functional groups attached to an aromatic ring is 1. The maximum Gasteiger partial charge on any atom is 0.339 e. The second-order valence-electron chi connectivity index (χ2n) is 9.71. The lowest BCUT2D eigenvalue weighted by atomic mass is 9.97. The highest BCUT2D eigenvalue weighted by Gasteiger charge is 2.22. The fourth-order valence-electron chi connectivity index (χ4n) is 4.14. The first-order valence-electron chi connectivity index (χ1n) is 11.9. The molecular weight excluding hydrogens is 422 g/mol. The number of carbonyl (C=O) groups is 1. The molecule has 0 fully saturated rings. The van der Waals surface area contributed by atoms with Gasteiger partial charge in [-0.3, -0.25) is 0 Å². The van der Waals surface area contributed by atoms with Gasteiger partial charge in [0, 0.05) is 18.7 Å². The number of fused-ring (bicyclic) bond motifs is 1. The second-order valence-corrected chi connectivity index (χ2v) is 9.71. The number of esters is 1. The van der Waals surface area contributed by atoms with Gasteiger partial charge in [0.05, 0.1) is 16.6 Å². The van der Waals surface area contributed by atoms with Gasteiger partial charge >= 0.3 is 5.97 Å². The molecule has 1 aromatic heterocycles. The van der Waals surface area contributed by atoms with Crippen molar-refractivity contribution in [3.8, 4) is 11.1 Å². The maximum absolute atomic E-state index is 13.2. The zero-order valence-electron chi connectivity index (χ0n) is 20.5. The monoisotopic (exact) mass is 455 g/mol. The largest absolute Gasteiger partial charge is 0.456 e. The number of unbranched alkanes of at least 4 members (excludes halogenated alkanes) is 1. The van der Waals surface area contributed by atoms with Gasteiger partial charge in [-0.05, 0) is 68.1 Å². The van der Waals surface area contributed by atoms with E-state index in [0.29, 0.717) is 17.8 Å².